The molecule has 0 aromatic carbocycles. The molecule has 0 aromatic heterocycles. The van der Waals surface area contributed by atoms with Crippen LogP contribution in [-0.2, 0) is 4.79 Å². The zero-order valence-corrected chi connectivity index (χ0v) is 7.55. The highest BCUT2D eigenvalue weighted by atomic mass is 16.4. The summed E-state index contributed by atoms with van der Waals surface area (Å²) in [6.07, 6.45) is 3.72. The van der Waals surface area contributed by atoms with Crippen molar-refractivity contribution >= 4 is 5.97 Å². The SMILES string of the molecule is CCN[C@H]1CC[C@@H](C(=O)O)CC1. The van der Waals surface area contributed by atoms with E-state index in [0.717, 1.165) is 32.2 Å². The molecule has 0 atom stereocenters. The smallest absolute Gasteiger partial charge is 0.306 e. The van der Waals surface area contributed by atoms with E-state index in [1.807, 2.05) is 0 Å². The van der Waals surface area contributed by atoms with Gasteiger partial charge in [-0.2, -0.15) is 0 Å². The number of hydrogen-bond acceptors (Lipinski definition) is 2. The largest absolute Gasteiger partial charge is 0.481 e. The standard InChI is InChI=1S/C9H17NO2/c1-2-10-8-5-3-7(4-6-8)9(11)12/h7-8,10H,2-6H2,1H3,(H,11,12)/t7-,8+. The van der Waals surface area contributed by atoms with Crippen molar-refractivity contribution in [2.24, 2.45) is 5.92 Å². The molecule has 3 heteroatoms. The molecule has 1 aliphatic carbocycles. The molecule has 0 heterocycles. The average molecular weight is 171 g/mol. The molecule has 1 aliphatic rings. The summed E-state index contributed by atoms with van der Waals surface area (Å²) in [5.74, 6) is -0.704. The number of aliphatic carboxylic acids is 1. The molecule has 2 N–H and O–H groups in total. The summed E-state index contributed by atoms with van der Waals surface area (Å²) < 4.78 is 0. The molecule has 1 saturated carbocycles. The number of carbonyl (C=O) groups is 1. The zero-order chi connectivity index (χ0) is 8.97. The zero-order valence-electron chi connectivity index (χ0n) is 7.55. The van der Waals surface area contributed by atoms with E-state index in [4.69, 9.17) is 5.11 Å². The lowest BCUT2D eigenvalue weighted by Gasteiger charge is -2.26. The van der Waals surface area contributed by atoms with Gasteiger partial charge in [0.15, 0.2) is 0 Å². The predicted molar refractivity (Wildman–Crippen MR) is 47.1 cm³/mol. The van der Waals surface area contributed by atoms with Crippen molar-refractivity contribution in [1.29, 1.82) is 0 Å². The van der Waals surface area contributed by atoms with Gasteiger partial charge in [-0.05, 0) is 32.2 Å². The summed E-state index contributed by atoms with van der Waals surface area (Å²) in [5.41, 5.74) is 0. The van der Waals surface area contributed by atoms with Gasteiger partial charge in [-0.1, -0.05) is 6.92 Å². The molecule has 0 radical (unpaired) electrons. The lowest BCUT2D eigenvalue weighted by molar-refractivity contribution is -0.142. The highest BCUT2D eigenvalue weighted by molar-refractivity contribution is 5.70. The van der Waals surface area contributed by atoms with Crippen LogP contribution in [0.25, 0.3) is 0 Å². The Bertz CT molecular complexity index is 151. The number of nitrogens with one attached hydrogen (secondary N) is 1. The molecule has 1 fully saturated rings. The maximum absolute atomic E-state index is 10.6. The van der Waals surface area contributed by atoms with E-state index in [9.17, 15) is 4.79 Å². The third-order valence-electron chi connectivity index (χ3n) is 2.57. The Balaban J connectivity index is 2.25. The average Bonchev–Trinajstić information content (AvgIpc) is 2.06. The van der Waals surface area contributed by atoms with Crippen LogP contribution in [0.5, 0.6) is 0 Å². The summed E-state index contributed by atoms with van der Waals surface area (Å²) in [5, 5.41) is 12.1. The van der Waals surface area contributed by atoms with Crippen LogP contribution in [0.4, 0.5) is 0 Å². The van der Waals surface area contributed by atoms with E-state index in [2.05, 4.69) is 12.2 Å². The van der Waals surface area contributed by atoms with Crippen LogP contribution in [0.2, 0.25) is 0 Å². The summed E-state index contributed by atoms with van der Waals surface area (Å²) in [7, 11) is 0. The maximum atomic E-state index is 10.6. The van der Waals surface area contributed by atoms with Gasteiger partial charge in [0.25, 0.3) is 0 Å². The lowest BCUT2D eigenvalue weighted by Crippen LogP contribution is -2.34. The van der Waals surface area contributed by atoms with Crippen molar-refractivity contribution in [2.75, 3.05) is 6.54 Å². The minimum absolute atomic E-state index is 0.0834. The summed E-state index contributed by atoms with van der Waals surface area (Å²) >= 11 is 0. The maximum Gasteiger partial charge on any atom is 0.306 e. The van der Waals surface area contributed by atoms with Gasteiger partial charge in [-0.3, -0.25) is 4.79 Å². The Morgan fingerprint density at radius 1 is 1.42 bits per heavy atom. The Hall–Kier alpha value is -0.570. The summed E-state index contributed by atoms with van der Waals surface area (Å²) in [6, 6.07) is 0.561. The Kier molecular flexibility index (Phi) is 3.53. The molecule has 1 rings (SSSR count). The predicted octanol–water partition coefficient (Wildman–Crippen LogP) is 1.24. The number of hydrogen-bond donors (Lipinski definition) is 2. The Labute approximate surface area is 73.2 Å². The number of carboxylic acids is 1. The van der Waals surface area contributed by atoms with E-state index in [1.54, 1.807) is 0 Å². The van der Waals surface area contributed by atoms with Crippen LogP contribution in [0.1, 0.15) is 32.6 Å². The second-order valence-electron chi connectivity index (χ2n) is 3.44. The van der Waals surface area contributed by atoms with Crippen molar-refractivity contribution in [3.8, 4) is 0 Å². The van der Waals surface area contributed by atoms with E-state index >= 15 is 0 Å². The van der Waals surface area contributed by atoms with Gasteiger partial charge in [0.2, 0.25) is 0 Å². The van der Waals surface area contributed by atoms with Gasteiger partial charge in [0.1, 0.15) is 0 Å². The van der Waals surface area contributed by atoms with Crippen LogP contribution < -0.4 is 5.32 Å². The van der Waals surface area contributed by atoms with Crippen LogP contribution in [0.15, 0.2) is 0 Å². The van der Waals surface area contributed by atoms with Gasteiger partial charge >= 0.3 is 5.97 Å². The summed E-state index contributed by atoms with van der Waals surface area (Å²) in [6.45, 7) is 3.08. The number of rotatable bonds is 3. The molecule has 70 valence electrons. The topological polar surface area (TPSA) is 49.3 Å². The van der Waals surface area contributed by atoms with E-state index in [-0.39, 0.29) is 5.92 Å². The van der Waals surface area contributed by atoms with Crippen molar-refractivity contribution < 1.29 is 9.90 Å². The van der Waals surface area contributed by atoms with Crippen molar-refractivity contribution in [1.82, 2.24) is 5.32 Å². The van der Waals surface area contributed by atoms with Crippen molar-refractivity contribution in [3.63, 3.8) is 0 Å². The first-order chi connectivity index (χ1) is 5.74. The second kappa shape index (κ2) is 4.45. The fourth-order valence-electron chi connectivity index (χ4n) is 1.83. The fourth-order valence-corrected chi connectivity index (χ4v) is 1.83. The molecule has 0 bridgehead atoms. The third-order valence-corrected chi connectivity index (χ3v) is 2.57. The van der Waals surface area contributed by atoms with Gasteiger partial charge < -0.3 is 10.4 Å². The number of carboxylic acid groups (broad SMARTS) is 1. The Morgan fingerprint density at radius 3 is 2.42 bits per heavy atom. The first-order valence-corrected chi connectivity index (χ1v) is 4.70. The Morgan fingerprint density at radius 2 is 2.00 bits per heavy atom. The molecule has 0 amide bonds. The van der Waals surface area contributed by atoms with Crippen LogP contribution in [0.3, 0.4) is 0 Å². The molecule has 0 unspecified atom stereocenters. The second-order valence-corrected chi connectivity index (χ2v) is 3.44. The fraction of sp³-hybridized carbons (Fsp3) is 0.889. The molecular formula is C9H17NO2. The third kappa shape index (κ3) is 2.48. The highest BCUT2D eigenvalue weighted by Gasteiger charge is 2.24. The molecule has 0 aromatic rings. The van der Waals surface area contributed by atoms with Gasteiger partial charge in [-0.25, -0.2) is 0 Å². The van der Waals surface area contributed by atoms with E-state index in [1.165, 1.54) is 0 Å². The normalized spacial score (nSPS) is 30.1. The molecule has 3 nitrogen and oxygen atoms in total. The first-order valence-electron chi connectivity index (χ1n) is 4.70. The molecule has 0 aliphatic heterocycles. The minimum Gasteiger partial charge on any atom is -0.481 e. The quantitative estimate of drug-likeness (QED) is 0.671. The summed E-state index contributed by atoms with van der Waals surface area (Å²) in [4.78, 5) is 10.6. The van der Waals surface area contributed by atoms with Crippen molar-refractivity contribution in [3.05, 3.63) is 0 Å². The van der Waals surface area contributed by atoms with Crippen LogP contribution in [-0.4, -0.2) is 23.7 Å². The van der Waals surface area contributed by atoms with E-state index in [0.29, 0.717) is 6.04 Å². The van der Waals surface area contributed by atoms with Crippen LogP contribution in [0, 0.1) is 5.92 Å². The molecule has 12 heavy (non-hydrogen) atoms. The monoisotopic (exact) mass is 171 g/mol. The van der Waals surface area contributed by atoms with Crippen molar-refractivity contribution in [2.45, 2.75) is 38.6 Å². The molecular weight excluding hydrogens is 154 g/mol. The molecule has 0 saturated heterocycles. The van der Waals surface area contributed by atoms with E-state index < -0.39 is 5.97 Å². The first kappa shape index (κ1) is 9.52. The van der Waals surface area contributed by atoms with Gasteiger partial charge in [0, 0.05) is 6.04 Å². The highest BCUT2D eigenvalue weighted by Crippen LogP contribution is 2.24. The minimum atomic E-state index is -0.620. The van der Waals surface area contributed by atoms with Crippen LogP contribution >= 0.6 is 0 Å². The van der Waals surface area contributed by atoms with Gasteiger partial charge in [0.05, 0.1) is 5.92 Å². The van der Waals surface area contributed by atoms with Gasteiger partial charge in [-0.15, -0.1) is 0 Å². The molecule has 0 spiro atoms. The lowest BCUT2D eigenvalue weighted by atomic mass is 9.86.